The molecule has 2 aromatic carbocycles. The van der Waals surface area contributed by atoms with Crippen LogP contribution in [0.1, 0.15) is 64.4 Å². The van der Waals surface area contributed by atoms with E-state index in [1.165, 1.54) is 17.4 Å². The van der Waals surface area contributed by atoms with Crippen LogP contribution in [-0.4, -0.2) is 62.9 Å². The monoisotopic (exact) mass is 848 g/mol. The normalized spacial score (nSPS) is 18.8. The van der Waals surface area contributed by atoms with E-state index in [4.69, 9.17) is 20.4 Å². The highest BCUT2D eigenvalue weighted by Gasteiger charge is 2.54. The van der Waals surface area contributed by atoms with E-state index >= 15 is 8.78 Å². The highest BCUT2D eigenvalue weighted by Crippen LogP contribution is 2.49. The van der Waals surface area contributed by atoms with Gasteiger partial charge in [-0.25, -0.2) is 22.9 Å². The molecule has 5 aromatic rings. The summed E-state index contributed by atoms with van der Waals surface area (Å²) >= 11 is 1.22. The summed E-state index contributed by atoms with van der Waals surface area (Å²) in [7, 11) is 0. The number of carbonyl (C=O) groups excluding carboxylic acids is 3. The Morgan fingerprint density at radius 2 is 1.78 bits per heavy atom. The molecule has 3 amide bonds. The van der Waals surface area contributed by atoms with Gasteiger partial charge in [-0.05, 0) is 54.3 Å². The summed E-state index contributed by atoms with van der Waals surface area (Å²) in [6.07, 6.45) is -5.67. The van der Waals surface area contributed by atoms with Crippen molar-refractivity contribution in [2.75, 3.05) is 24.5 Å². The zero-order valence-electron chi connectivity index (χ0n) is 30.7. The second kappa shape index (κ2) is 14.5. The molecule has 5 heterocycles. The number of alkyl halides is 5. The SMILES string of the molecule is C[C@@H]1Cc2c(C(F)(F)F)nn(CC(=O)N[C@@H](Cc3cc(F)cc(F)c3)c3nc4nc(N5CCC6(CC5)CNC(=O)O6)sc4cc3-c3ccc(F)c(C(N)=O)c3)c2C1(F)F. The Bertz CT molecular complexity index is 2510. The summed E-state index contributed by atoms with van der Waals surface area (Å²) in [4.78, 5) is 49.3. The van der Waals surface area contributed by atoms with E-state index in [1.54, 1.807) is 6.07 Å². The molecule has 0 unspecified atom stereocenters. The van der Waals surface area contributed by atoms with Crippen molar-refractivity contribution in [2.45, 2.75) is 62.9 Å². The maximum Gasteiger partial charge on any atom is 0.435 e. The van der Waals surface area contributed by atoms with Crippen molar-refractivity contribution >= 4 is 44.7 Å². The largest absolute Gasteiger partial charge is 0.441 e. The molecule has 3 aromatic heterocycles. The lowest BCUT2D eigenvalue weighted by molar-refractivity contribution is -0.142. The number of thiazole rings is 1. The predicted molar refractivity (Wildman–Crippen MR) is 195 cm³/mol. The number of anilines is 1. The summed E-state index contributed by atoms with van der Waals surface area (Å²) in [5.41, 5.74) is 1.36. The lowest BCUT2D eigenvalue weighted by Crippen LogP contribution is -2.46. The molecule has 2 atom stereocenters. The van der Waals surface area contributed by atoms with Crippen LogP contribution in [0.25, 0.3) is 21.5 Å². The molecule has 12 nitrogen and oxygen atoms in total. The third-order valence-corrected chi connectivity index (χ3v) is 11.9. The van der Waals surface area contributed by atoms with Gasteiger partial charge in [-0.3, -0.25) is 14.3 Å². The number of primary amides is 1. The number of pyridine rings is 1. The molecule has 0 bridgehead atoms. The van der Waals surface area contributed by atoms with Crippen LogP contribution in [0.3, 0.4) is 0 Å². The van der Waals surface area contributed by atoms with E-state index in [9.17, 15) is 40.7 Å². The number of carbonyl (C=O) groups is 3. The Balaban J connectivity index is 1.22. The first kappa shape index (κ1) is 39.9. The topological polar surface area (TPSA) is 157 Å². The molecule has 0 radical (unpaired) electrons. The van der Waals surface area contributed by atoms with Crippen LogP contribution in [0.4, 0.5) is 45.0 Å². The molecule has 21 heteroatoms. The van der Waals surface area contributed by atoms with E-state index in [0.29, 0.717) is 53.1 Å². The Kier molecular flexibility index (Phi) is 9.78. The molecule has 4 N–H and O–H groups in total. The number of nitrogens with zero attached hydrogens (tertiary/aromatic N) is 5. The van der Waals surface area contributed by atoms with Crippen molar-refractivity contribution in [2.24, 2.45) is 11.7 Å². The zero-order chi connectivity index (χ0) is 42.2. The van der Waals surface area contributed by atoms with Crippen molar-refractivity contribution in [3.63, 3.8) is 0 Å². The van der Waals surface area contributed by atoms with Crippen LogP contribution in [0.5, 0.6) is 0 Å². The fourth-order valence-electron chi connectivity index (χ4n) is 7.90. The maximum atomic E-state index is 15.3. The van der Waals surface area contributed by atoms with Crippen molar-refractivity contribution in [3.8, 4) is 11.1 Å². The maximum absolute atomic E-state index is 15.3. The van der Waals surface area contributed by atoms with Crippen LogP contribution >= 0.6 is 11.3 Å². The Hall–Kier alpha value is -5.86. The Labute approximate surface area is 332 Å². The van der Waals surface area contributed by atoms with E-state index in [1.807, 2.05) is 4.90 Å². The van der Waals surface area contributed by atoms with Gasteiger partial charge < -0.3 is 26.0 Å². The lowest BCUT2D eigenvalue weighted by atomic mass is 9.92. The van der Waals surface area contributed by atoms with Gasteiger partial charge in [-0.2, -0.15) is 32.0 Å². The van der Waals surface area contributed by atoms with E-state index in [-0.39, 0.29) is 28.0 Å². The van der Waals surface area contributed by atoms with E-state index < -0.39 is 107 Å². The van der Waals surface area contributed by atoms with Crippen LogP contribution < -0.4 is 21.3 Å². The number of nitrogens with one attached hydrogen (secondary N) is 2. The molecule has 1 spiro atoms. The molecule has 8 rings (SSSR count). The average molecular weight is 849 g/mol. The highest BCUT2D eigenvalue weighted by atomic mass is 32.1. The predicted octanol–water partition coefficient (Wildman–Crippen LogP) is 6.55. The molecule has 59 heavy (non-hydrogen) atoms. The molecular formula is C38H32F8N8O4S. The highest BCUT2D eigenvalue weighted by molar-refractivity contribution is 7.22. The molecule has 0 saturated carbocycles. The molecular weight excluding hydrogens is 817 g/mol. The number of piperidine rings is 1. The molecule has 310 valence electrons. The quantitative estimate of drug-likeness (QED) is 0.141. The first-order valence-electron chi connectivity index (χ1n) is 18.2. The third kappa shape index (κ3) is 7.51. The summed E-state index contributed by atoms with van der Waals surface area (Å²) in [6.45, 7) is 1.22. The van der Waals surface area contributed by atoms with E-state index in [2.05, 4.69) is 15.7 Å². The summed E-state index contributed by atoms with van der Waals surface area (Å²) in [6, 6.07) is 6.17. The number of hydrogen-bond acceptors (Lipinski definition) is 9. The zero-order valence-corrected chi connectivity index (χ0v) is 31.5. The fourth-order valence-corrected chi connectivity index (χ4v) is 8.90. The summed E-state index contributed by atoms with van der Waals surface area (Å²) in [5, 5.41) is 9.16. The molecule has 2 aliphatic heterocycles. The van der Waals surface area contributed by atoms with Gasteiger partial charge in [-0.1, -0.05) is 24.3 Å². The first-order valence-corrected chi connectivity index (χ1v) is 19.0. The minimum atomic E-state index is -5.11. The number of nitrogens with two attached hydrogens (primary N) is 1. The van der Waals surface area contributed by atoms with Gasteiger partial charge in [0.15, 0.2) is 16.5 Å². The number of aromatic nitrogens is 4. The van der Waals surface area contributed by atoms with Crippen LogP contribution in [0.15, 0.2) is 42.5 Å². The smallest absolute Gasteiger partial charge is 0.435 e. The number of hydrogen-bond donors (Lipinski definition) is 3. The van der Waals surface area contributed by atoms with Gasteiger partial charge in [0.05, 0.1) is 28.5 Å². The number of alkyl carbamates (subject to hydrolysis) is 1. The number of halogens is 8. The fraction of sp³-hybridized carbons (Fsp3) is 0.368. The second-order valence-corrected chi connectivity index (χ2v) is 15.9. The minimum Gasteiger partial charge on any atom is -0.441 e. The minimum absolute atomic E-state index is 0.0133. The number of amides is 3. The van der Waals surface area contributed by atoms with Gasteiger partial charge in [0, 0.05) is 49.0 Å². The first-order chi connectivity index (χ1) is 27.8. The van der Waals surface area contributed by atoms with Crippen molar-refractivity contribution < 1.29 is 54.2 Å². The van der Waals surface area contributed by atoms with Gasteiger partial charge in [0.2, 0.25) is 5.91 Å². The van der Waals surface area contributed by atoms with E-state index in [0.717, 1.165) is 31.2 Å². The molecule has 2 fully saturated rings. The average Bonchev–Trinajstić information content (AvgIpc) is 3.89. The standard InChI is InChI=1S/C38H32F8N8O4S/c1-17-8-24-30(38(44,45)46)52-54(31(24)37(17,42)43)15-28(55)49-26(11-18-9-20(39)13-21(40)10-18)29-22(19-2-3-25(41)23(12-19)32(47)56)14-27-33(50-29)51-34(59-27)53-6-4-36(5-7-53)16-48-35(57)58-36/h2-3,9-10,12-14,17,26H,4-8,11,15-16H2,1H3,(H2,47,56)(H,48,57)(H,49,55)/t17-,26+/m1/s1. The summed E-state index contributed by atoms with van der Waals surface area (Å²) in [5.74, 6) is -10.4. The number of rotatable bonds is 9. The number of ether oxygens (including phenoxy) is 1. The van der Waals surface area contributed by atoms with Crippen LogP contribution in [0.2, 0.25) is 0 Å². The van der Waals surface area contributed by atoms with Crippen molar-refractivity contribution in [1.29, 1.82) is 0 Å². The van der Waals surface area contributed by atoms with Crippen molar-refractivity contribution in [1.82, 2.24) is 30.4 Å². The van der Waals surface area contributed by atoms with Gasteiger partial charge >= 0.3 is 12.3 Å². The lowest BCUT2D eigenvalue weighted by Gasteiger charge is -2.36. The third-order valence-electron chi connectivity index (χ3n) is 10.8. The van der Waals surface area contributed by atoms with Crippen molar-refractivity contribution in [3.05, 3.63) is 93.7 Å². The Morgan fingerprint density at radius 1 is 1.07 bits per heavy atom. The van der Waals surface area contributed by atoms with Gasteiger partial charge in [0.1, 0.15) is 35.3 Å². The van der Waals surface area contributed by atoms with Crippen LogP contribution in [0, 0.1) is 23.4 Å². The number of benzene rings is 2. The van der Waals surface area contributed by atoms with Gasteiger partial charge in [0.25, 0.3) is 11.8 Å². The molecule has 3 aliphatic rings. The number of fused-ring (bicyclic) bond motifs is 2. The molecule has 2 saturated heterocycles. The summed E-state index contributed by atoms with van der Waals surface area (Å²) < 4.78 is 123. The Morgan fingerprint density at radius 3 is 2.42 bits per heavy atom. The van der Waals surface area contributed by atoms with Crippen LogP contribution in [-0.2, 0) is 41.0 Å². The van der Waals surface area contributed by atoms with Gasteiger partial charge in [-0.15, -0.1) is 0 Å². The second-order valence-electron chi connectivity index (χ2n) is 14.9. The molecule has 1 aliphatic carbocycles.